The van der Waals surface area contributed by atoms with Crippen LogP contribution in [0.25, 0.3) is 11.3 Å². The summed E-state index contributed by atoms with van der Waals surface area (Å²) in [4.78, 5) is 28.7. The zero-order valence-corrected chi connectivity index (χ0v) is 16.9. The average molecular weight is 418 g/mol. The summed E-state index contributed by atoms with van der Waals surface area (Å²) in [6, 6.07) is 6.89. The first kappa shape index (κ1) is 19.8. The third kappa shape index (κ3) is 3.00. The van der Waals surface area contributed by atoms with Crippen LogP contribution in [-0.4, -0.2) is 47.3 Å². The molecule has 0 spiro atoms. The molecular formula is C21H24ClN3O4. The van der Waals surface area contributed by atoms with E-state index in [0.29, 0.717) is 23.7 Å². The van der Waals surface area contributed by atoms with Gasteiger partial charge in [0.15, 0.2) is 5.56 Å². The molecule has 0 unspecified atom stereocenters. The zero-order valence-electron chi connectivity index (χ0n) is 16.1. The Morgan fingerprint density at radius 1 is 1.24 bits per heavy atom. The Balaban J connectivity index is 0.00000205. The van der Waals surface area contributed by atoms with E-state index in [4.69, 9.17) is 0 Å². The number of carboxylic acid groups (broad SMARTS) is 1. The van der Waals surface area contributed by atoms with E-state index in [9.17, 15) is 19.8 Å². The van der Waals surface area contributed by atoms with E-state index < -0.39 is 22.8 Å². The molecule has 4 N–H and O–H groups in total. The van der Waals surface area contributed by atoms with Crippen molar-refractivity contribution in [1.29, 1.82) is 0 Å². The first-order valence-electron chi connectivity index (χ1n) is 9.76. The number of aryl methyl sites for hydroxylation is 1. The molecule has 1 saturated carbocycles. The highest BCUT2D eigenvalue weighted by molar-refractivity contribution is 5.92. The van der Waals surface area contributed by atoms with Crippen molar-refractivity contribution in [2.24, 2.45) is 11.8 Å². The number of hydrogen-bond acceptors (Lipinski definition) is 5. The number of nitrogens with one attached hydrogen (secondary N) is 2. The second-order valence-corrected chi connectivity index (χ2v) is 8.08. The molecule has 3 aliphatic rings. The smallest absolute Gasteiger partial charge is 0.345 e. The molecule has 2 aromatic rings. The fourth-order valence-electron chi connectivity index (χ4n) is 5.15. The number of aromatic hydroxyl groups is 1. The van der Waals surface area contributed by atoms with Crippen molar-refractivity contribution >= 4 is 24.1 Å². The number of piperidine rings is 1. The van der Waals surface area contributed by atoms with Gasteiger partial charge in [-0.1, -0.05) is 6.07 Å². The molecule has 0 amide bonds. The van der Waals surface area contributed by atoms with Crippen LogP contribution in [0.4, 0.5) is 5.69 Å². The summed E-state index contributed by atoms with van der Waals surface area (Å²) in [5.41, 5.74) is 2.91. The minimum atomic E-state index is -1.41. The Hall–Kier alpha value is -2.51. The maximum atomic E-state index is 12.2. The Labute approximate surface area is 174 Å². The first-order chi connectivity index (χ1) is 13.5. The lowest BCUT2D eigenvalue weighted by atomic mass is 9.99. The number of aromatic nitrogens is 1. The summed E-state index contributed by atoms with van der Waals surface area (Å²) in [7, 11) is 2.03. The monoisotopic (exact) mass is 417 g/mol. The lowest BCUT2D eigenvalue weighted by Gasteiger charge is -2.23. The van der Waals surface area contributed by atoms with Crippen molar-refractivity contribution in [2.75, 3.05) is 25.0 Å². The SMILES string of the molecule is CN[C@H]1[C@@H]2CN(c3ccc4c(c3)CCCc3c-4[nH]c(=O)c(C(=O)O)c3O)C[C@@H]21.Cl. The molecule has 2 heterocycles. The van der Waals surface area contributed by atoms with E-state index >= 15 is 0 Å². The van der Waals surface area contributed by atoms with Crippen molar-refractivity contribution in [3.05, 3.63) is 45.2 Å². The fraction of sp³-hybridized carbons (Fsp3) is 0.429. The number of halogens is 1. The van der Waals surface area contributed by atoms with Gasteiger partial charge in [0.25, 0.3) is 5.56 Å². The fourth-order valence-corrected chi connectivity index (χ4v) is 5.15. The quantitative estimate of drug-likeness (QED) is 0.608. The number of carbonyl (C=O) groups is 1. The predicted octanol–water partition coefficient (Wildman–Crippen LogP) is 2.01. The highest BCUT2D eigenvalue weighted by atomic mass is 35.5. The Kier molecular flexibility index (Phi) is 4.83. The van der Waals surface area contributed by atoms with Crippen LogP contribution in [0.2, 0.25) is 0 Å². The van der Waals surface area contributed by atoms with Crippen LogP contribution in [-0.2, 0) is 12.8 Å². The number of pyridine rings is 1. The number of fused-ring (bicyclic) bond motifs is 4. The molecule has 154 valence electrons. The second kappa shape index (κ2) is 7.07. The van der Waals surface area contributed by atoms with Crippen LogP contribution in [0, 0.1) is 11.8 Å². The lowest BCUT2D eigenvalue weighted by Crippen LogP contribution is -2.29. The van der Waals surface area contributed by atoms with Gasteiger partial charge in [-0.3, -0.25) is 4.79 Å². The van der Waals surface area contributed by atoms with Crippen LogP contribution in [0.1, 0.15) is 27.9 Å². The van der Waals surface area contributed by atoms with Gasteiger partial charge in [-0.25, -0.2) is 4.79 Å². The van der Waals surface area contributed by atoms with E-state index in [2.05, 4.69) is 27.3 Å². The van der Waals surface area contributed by atoms with Crippen molar-refractivity contribution in [3.63, 3.8) is 0 Å². The topological polar surface area (TPSA) is 106 Å². The van der Waals surface area contributed by atoms with Crippen molar-refractivity contribution in [1.82, 2.24) is 10.3 Å². The first-order valence-corrected chi connectivity index (χ1v) is 9.76. The van der Waals surface area contributed by atoms with E-state index in [0.717, 1.165) is 48.9 Å². The molecule has 2 aliphatic carbocycles. The van der Waals surface area contributed by atoms with Crippen LogP contribution in [0.15, 0.2) is 23.0 Å². The van der Waals surface area contributed by atoms with Gasteiger partial charge in [0.05, 0.1) is 5.69 Å². The Bertz CT molecular complexity index is 1040. The number of nitrogens with zero attached hydrogens (tertiary/aromatic N) is 1. The van der Waals surface area contributed by atoms with E-state index in [1.165, 1.54) is 5.69 Å². The number of benzene rings is 1. The van der Waals surface area contributed by atoms with Crippen LogP contribution >= 0.6 is 12.4 Å². The van der Waals surface area contributed by atoms with Gasteiger partial charge in [0, 0.05) is 35.9 Å². The summed E-state index contributed by atoms with van der Waals surface area (Å²) in [6.07, 6.45) is 2.14. The van der Waals surface area contributed by atoms with Gasteiger partial charge in [-0.2, -0.15) is 0 Å². The van der Waals surface area contributed by atoms with Gasteiger partial charge < -0.3 is 25.4 Å². The molecule has 7 nitrogen and oxygen atoms in total. The van der Waals surface area contributed by atoms with Gasteiger partial charge in [-0.15, -0.1) is 12.4 Å². The van der Waals surface area contributed by atoms with E-state index in [1.807, 2.05) is 13.1 Å². The molecule has 5 rings (SSSR count). The molecule has 1 saturated heterocycles. The van der Waals surface area contributed by atoms with Crippen LogP contribution < -0.4 is 15.8 Å². The third-order valence-electron chi connectivity index (χ3n) is 6.63. The van der Waals surface area contributed by atoms with Crippen molar-refractivity contribution < 1.29 is 15.0 Å². The average Bonchev–Trinajstić information content (AvgIpc) is 3.21. The molecule has 1 aromatic carbocycles. The maximum absolute atomic E-state index is 12.2. The summed E-state index contributed by atoms with van der Waals surface area (Å²) < 4.78 is 0. The summed E-state index contributed by atoms with van der Waals surface area (Å²) in [6.45, 7) is 2.12. The normalized spacial score (nSPS) is 24.0. The minimum absolute atomic E-state index is 0. The number of aromatic amines is 1. The van der Waals surface area contributed by atoms with Gasteiger partial charge in [0.2, 0.25) is 0 Å². The van der Waals surface area contributed by atoms with Gasteiger partial charge in [0.1, 0.15) is 5.75 Å². The Morgan fingerprint density at radius 3 is 2.62 bits per heavy atom. The van der Waals surface area contributed by atoms with Crippen LogP contribution in [0.3, 0.4) is 0 Å². The molecule has 8 heteroatoms. The molecule has 2 fully saturated rings. The number of aromatic carboxylic acids is 1. The molecule has 29 heavy (non-hydrogen) atoms. The van der Waals surface area contributed by atoms with E-state index in [-0.39, 0.29) is 12.4 Å². The van der Waals surface area contributed by atoms with E-state index in [1.54, 1.807) is 0 Å². The zero-order chi connectivity index (χ0) is 19.6. The minimum Gasteiger partial charge on any atom is -0.506 e. The standard InChI is InChI=1S/C21H23N3O4.ClH/c1-22-17-14-8-24(9-15(14)17)11-5-6-12-10(7-11)3-2-4-13-18(12)23-20(26)16(19(13)25)21(27)28;/h5-7,14-15,17,22H,2-4,8-9H2,1H3,(H,27,28)(H2,23,25,26);1H/t14-,15+,17+;. The summed E-state index contributed by atoms with van der Waals surface area (Å²) in [5.74, 6) is -0.352. The molecule has 0 radical (unpaired) electrons. The number of carboxylic acids is 1. The Morgan fingerprint density at radius 2 is 1.97 bits per heavy atom. The number of hydrogen-bond donors (Lipinski definition) is 4. The largest absolute Gasteiger partial charge is 0.506 e. The summed E-state index contributed by atoms with van der Waals surface area (Å²) >= 11 is 0. The molecular weight excluding hydrogens is 394 g/mol. The highest BCUT2D eigenvalue weighted by Crippen LogP contribution is 2.47. The number of H-pyrrole nitrogens is 1. The number of anilines is 1. The van der Waals surface area contributed by atoms with Gasteiger partial charge >= 0.3 is 5.97 Å². The number of rotatable bonds is 3. The predicted molar refractivity (Wildman–Crippen MR) is 112 cm³/mol. The maximum Gasteiger partial charge on any atom is 0.345 e. The van der Waals surface area contributed by atoms with Crippen LogP contribution in [0.5, 0.6) is 5.75 Å². The highest BCUT2D eigenvalue weighted by Gasteiger charge is 2.54. The van der Waals surface area contributed by atoms with Gasteiger partial charge in [-0.05, 0) is 55.8 Å². The molecule has 0 bridgehead atoms. The third-order valence-corrected chi connectivity index (χ3v) is 6.63. The molecule has 1 aliphatic heterocycles. The molecule has 3 atom stereocenters. The lowest BCUT2D eigenvalue weighted by molar-refractivity contribution is 0.0691. The van der Waals surface area contributed by atoms with Crippen molar-refractivity contribution in [3.8, 4) is 17.0 Å². The second-order valence-electron chi connectivity index (χ2n) is 8.08. The summed E-state index contributed by atoms with van der Waals surface area (Å²) in [5, 5.41) is 23.1. The van der Waals surface area contributed by atoms with Crippen molar-refractivity contribution in [2.45, 2.75) is 25.3 Å². The molecule has 1 aromatic heterocycles.